The van der Waals surface area contributed by atoms with E-state index in [1.54, 1.807) is 36.4 Å². The van der Waals surface area contributed by atoms with E-state index in [4.69, 9.17) is 39.9 Å². The van der Waals surface area contributed by atoms with Crippen LogP contribution in [-0.4, -0.2) is 74.5 Å². The van der Waals surface area contributed by atoms with Crippen LogP contribution in [0.2, 0.25) is 0 Å². The monoisotopic (exact) mass is 1030 g/mol. The van der Waals surface area contributed by atoms with Crippen LogP contribution in [0.5, 0.6) is 23.0 Å². The van der Waals surface area contributed by atoms with Crippen molar-refractivity contribution >= 4 is 47.4 Å². The van der Waals surface area contributed by atoms with Crippen molar-refractivity contribution < 1.29 is 91.5 Å². The van der Waals surface area contributed by atoms with E-state index in [0.29, 0.717) is 22.4 Å². The first-order valence-corrected chi connectivity index (χ1v) is 21.7. The van der Waals surface area contributed by atoms with Crippen molar-refractivity contribution in [2.24, 2.45) is 0 Å². The van der Waals surface area contributed by atoms with E-state index in [9.17, 15) is 63.1 Å². The Labute approximate surface area is 410 Å². The molecule has 0 heterocycles. The maximum absolute atomic E-state index is 13.1. The quantitative estimate of drug-likeness (QED) is 0.0158. The predicted octanol–water partition coefficient (Wildman–Crippen LogP) is 11.6. The molecule has 12 nitrogen and oxygen atoms in total. The third-order valence-electron chi connectivity index (χ3n) is 10.2. The van der Waals surface area contributed by atoms with E-state index >= 15 is 0 Å². The molecule has 5 aromatic rings. The fourth-order valence-electron chi connectivity index (χ4n) is 6.24. The number of anilines is 2. The summed E-state index contributed by atoms with van der Waals surface area (Å²) in [4.78, 5) is 50.9. The van der Waals surface area contributed by atoms with Gasteiger partial charge in [0.25, 0.3) is 0 Å². The fraction of sp³-hybridized carbons (Fsp3) is 0.255. The molecule has 0 amide bonds. The van der Waals surface area contributed by atoms with E-state index in [2.05, 4.69) is 0 Å². The van der Waals surface area contributed by atoms with Gasteiger partial charge in [0.15, 0.2) is 0 Å². The molecule has 0 unspecified atom stereocenters. The molecule has 0 aliphatic rings. The number of carbonyl (C=O) groups is 4. The van der Waals surface area contributed by atoms with Gasteiger partial charge in [-0.3, -0.25) is 0 Å². The molecule has 5 aromatic carbocycles. The number of hydrogen-bond donors (Lipinski definition) is 2. The van der Waals surface area contributed by atoms with Gasteiger partial charge in [0.2, 0.25) is 0 Å². The molecule has 22 heteroatoms. The molecule has 73 heavy (non-hydrogen) atoms. The fourth-order valence-corrected chi connectivity index (χ4v) is 6.24. The highest BCUT2D eigenvalue weighted by Crippen LogP contribution is 2.40. The van der Waals surface area contributed by atoms with Crippen molar-refractivity contribution in [1.82, 2.24) is 0 Å². The molecular formula is C51H44F10N2O10. The van der Waals surface area contributed by atoms with Gasteiger partial charge in [0.05, 0.1) is 30.3 Å². The zero-order chi connectivity index (χ0) is 53.4. The van der Waals surface area contributed by atoms with Crippen molar-refractivity contribution in [2.45, 2.75) is 55.8 Å². The third-order valence-corrected chi connectivity index (χ3v) is 10.2. The molecule has 0 aliphatic heterocycles. The molecule has 0 aromatic heterocycles. The smallest absolute Gasteiger partial charge is 0.453 e. The second kappa shape index (κ2) is 24.9. The molecule has 388 valence electrons. The summed E-state index contributed by atoms with van der Waals surface area (Å²) >= 11 is 0. The van der Waals surface area contributed by atoms with Crippen molar-refractivity contribution in [1.29, 1.82) is 0 Å². The second-order valence-corrected chi connectivity index (χ2v) is 15.8. The number of rotatable bonds is 23. The number of alkyl halides is 10. The van der Waals surface area contributed by atoms with Crippen LogP contribution in [0.25, 0.3) is 12.2 Å². The summed E-state index contributed by atoms with van der Waals surface area (Å²) in [5.74, 6) is -12.9. The average Bonchev–Trinajstić information content (AvgIpc) is 3.33. The second-order valence-electron chi connectivity index (χ2n) is 15.8. The highest BCUT2D eigenvalue weighted by Gasteiger charge is 2.57. The summed E-state index contributed by atoms with van der Waals surface area (Å²) in [7, 11) is 0. The summed E-state index contributed by atoms with van der Waals surface area (Å²) < 4.78 is 158. The molecule has 0 saturated carbocycles. The van der Waals surface area contributed by atoms with Gasteiger partial charge in [-0.25, -0.2) is 19.2 Å². The van der Waals surface area contributed by atoms with Gasteiger partial charge >= 0.3 is 48.1 Å². The minimum Gasteiger partial charge on any atom is -0.494 e. The van der Waals surface area contributed by atoms with Crippen LogP contribution >= 0.6 is 0 Å². The first-order chi connectivity index (χ1) is 34.4. The van der Waals surface area contributed by atoms with E-state index in [1.165, 1.54) is 91.0 Å². The van der Waals surface area contributed by atoms with Crippen LogP contribution in [0.1, 0.15) is 69.0 Å². The van der Waals surface area contributed by atoms with Crippen molar-refractivity contribution in [3.63, 3.8) is 0 Å². The Bertz CT molecular complexity index is 2550. The average molecular weight is 1030 g/mol. The van der Waals surface area contributed by atoms with E-state index in [1.807, 2.05) is 0 Å². The maximum atomic E-state index is 13.1. The van der Waals surface area contributed by atoms with E-state index in [-0.39, 0.29) is 53.0 Å². The number of benzene rings is 5. The molecule has 0 atom stereocenters. The maximum Gasteiger partial charge on any atom is 0.453 e. The summed E-state index contributed by atoms with van der Waals surface area (Å²) in [6, 6.07) is 27.2. The Morgan fingerprint density at radius 1 is 0.493 bits per heavy atom. The lowest BCUT2D eigenvalue weighted by molar-refractivity contribution is -0.284. The molecule has 0 fully saturated rings. The number of nitrogen functional groups attached to an aromatic ring is 2. The molecule has 4 N–H and O–H groups in total. The topological polar surface area (TPSA) is 176 Å². The molecule has 0 saturated heterocycles. The van der Waals surface area contributed by atoms with Crippen LogP contribution in [-0.2, 0) is 19.1 Å². The van der Waals surface area contributed by atoms with Crippen LogP contribution in [0.3, 0.4) is 0 Å². The SMILES string of the molecule is Nc1ccc(C(COC(=O)C=Cc2ccc(OC(=O)c3ccc(OCCCC(F)(F)C(F)(F)F)cc3)cc2)COC(=O)C=Cc2ccc(OC(=O)c3ccc(OCCCC(F)(F)C(F)(F)F)cc3)cc2)c(N)c1. The van der Waals surface area contributed by atoms with Gasteiger partial charge in [-0.15, -0.1) is 0 Å². The number of carbonyl (C=O) groups excluding carboxylic acids is 4. The third kappa shape index (κ3) is 17.4. The Balaban J connectivity index is 1.06. The molecule has 5 rings (SSSR count). The largest absolute Gasteiger partial charge is 0.494 e. The lowest BCUT2D eigenvalue weighted by Gasteiger charge is -2.19. The normalized spacial score (nSPS) is 12.6. The van der Waals surface area contributed by atoms with E-state index in [0.717, 1.165) is 12.2 Å². The summed E-state index contributed by atoms with van der Waals surface area (Å²) in [5, 5.41) is 0. The Hall–Kier alpha value is -8.04. The number of halogens is 10. The summed E-state index contributed by atoms with van der Waals surface area (Å²) in [5.41, 5.74) is 14.4. The first kappa shape index (κ1) is 55.9. The molecule has 0 spiro atoms. The number of ether oxygens (including phenoxy) is 6. The van der Waals surface area contributed by atoms with Gasteiger partial charge < -0.3 is 39.9 Å². The van der Waals surface area contributed by atoms with Crippen molar-refractivity contribution in [3.8, 4) is 23.0 Å². The van der Waals surface area contributed by atoms with Crippen molar-refractivity contribution in [2.75, 3.05) is 37.9 Å². The number of esters is 4. The number of nitrogens with two attached hydrogens (primary N) is 2. The Morgan fingerprint density at radius 2 is 0.863 bits per heavy atom. The lowest BCUT2D eigenvalue weighted by atomic mass is 9.98. The summed E-state index contributed by atoms with van der Waals surface area (Å²) in [6.45, 7) is -1.36. The van der Waals surface area contributed by atoms with Crippen LogP contribution < -0.4 is 30.4 Å². The zero-order valence-corrected chi connectivity index (χ0v) is 38.0. The van der Waals surface area contributed by atoms with Crippen molar-refractivity contribution in [3.05, 3.63) is 155 Å². The highest BCUT2D eigenvalue weighted by atomic mass is 19.4. The highest BCUT2D eigenvalue weighted by molar-refractivity contribution is 5.92. The van der Waals surface area contributed by atoms with Gasteiger partial charge in [0.1, 0.15) is 36.2 Å². The van der Waals surface area contributed by atoms with Crippen LogP contribution in [0.4, 0.5) is 55.3 Å². The van der Waals surface area contributed by atoms with E-state index < -0.39 is 92.9 Å². The van der Waals surface area contributed by atoms with Crippen LogP contribution in [0, 0.1) is 0 Å². The number of hydrogen-bond acceptors (Lipinski definition) is 12. The van der Waals surface area contributed by atoms with Gasteiger partial charge in [-0.1, -0.05) is 30.3 Å². The predicted molar refractivity (Wildman–Crippen MR) is 245 cm³/mol. The first-order valence-electron chi connectivity index (χ1n) is 21.7. The van der Waals surface area contributed by atoms with Gasteiger partial charge in [-0.05, 0) is 127 Å². The Morgan fingerprint density at radius 3 is 1.22 bits per heavy atom. The van der Waals surface area contributed by atoms with Crippen LogP contribution in [0.15, 0.2) is 127 Å². The Kier molecular flexibility index (Phi) is 19.0. The minimum atomic E-state index is -5.65. The minimum absolute atomic E-state index is 0.0891. The molecule has 0 bridgehead atoms. The lowest BCUT2D eigenvalue weighted by Crippen LogP contribution is -2.36. The van der Waals surface area contributed by atoms with Gasteiger partial charge in [0, 0.05) is 36.4 Å². The molecule has 0 radical (unpaired) electrons. The standard InChI is InChI=1S/C51H44F10N2O10/c52-48(53,50(56,57)58)25-1-27-68-38-18-9-34(10-19-38)46(66)72-40-14-3-32(4-15-40)7-23-44(64)70-30-36(42-22-13-37(62)29-43(42)63)31-71-45(65)24-8-33-5-16-41(17-6-33)73-47(67)35-11-20-39(21-12-35)69-28-2-26-49(54,55)51(59,60)61/h3-24,29,36H,1-2,25-28,30-31,62-63H2. The van der Waals surface area contributed by atoms with Gasteiger partial charge in [-0.2, -0.15) is 43.9 Å². The molecular weight excluding hydrogens is 991 g/mol. The zero-order valence-electron chi connectivity index (χ0n) is 38.0. The summed E-state index contributed by atoms with van der Waals surface area (Å²) in [6.07, 6.45) is -10.2. The molecule has 0 aliphatic carbocycles.